The Labute approximate surface area is 126 Å². The lowest BCUT2D eigenvalue weighted by molar-refractivity contribution is 0.0995. The molecule has 0 fully saturated rings. The van der Waals surface area contributed by atoms with Gasteiger partial charge in [0.1, 0.15) is 18.3 Å². The number of benzene rings is 1. The van der Waals surface area contributed by atoms with Gasteiger partial charge in [-0.15, -0.1) is 0 Å². The molecule has 8 heteroatoms. The first-order chi connectivity index (χ1) is 10.1. The van der Waals surface area contributed by atoms with Crippen molar-refractivity contribution in [1.82, 2.24) is 14.8 Å². The van der Waals surface area contributed by atoms with Gasteiger partial charge in [-0.25, -0.2) is 14.1 Å². The van der Waals surface area contributed by atoms with Crippen LogP contribution in [-0.4, -0.2) is 20.7 Å². The fourth-order valence-corrected chi connectivity index (χ4v) is 2.04. The molecule has 1 aromatic carbocycles. The molecular weight excluding hydrogens is 343 g/mol. The van der Waals surface area contributed by atoms with Crippen molar-refractivity contribution in [1.29, 1.82) is 0 Å². The Hall–Kier alpha value is -2.48. The maximum atomic E-state index is 14.0. The van der Waals surface area contributed by atoms with Crippen LogP contribution in [0.2, 0.25) is 0 Å². The third-order valence-corrected chi connectivity index (χ3v) is 3.09. The van der Waals surface area contributed by atoms with Crippen molar-refractivity contribution in [3.63, 3.8) is 0 Å². The number of halogens is 2. The summed E-state index contributed by atoms with van der Waals surface area (Å²) in [7, 11) is 0. The third-order valence-electron chi connectivity index (χ3n) is 2.67. The van der Waals surface area contributed by atoms with E-state index < -0.39 is 11.7 Å². The molecule has 6 nitrogen and oxygen atoms in total. The van der Waals surface area contributed by atoms with E-state index in [-0.39, 0.29) is 11.4 Å². The minimum Gasteiger partial charge on any atom is -0.444 e. The van der Waals surface area contributed by atoms with Crippen molar-refractivity contribution in [2.45, 2.75) is 0 Å². The van der Waals surface area contributed by atoms with E-state index in [0.29, 0.717) is 10.4 Å². The van der Waals surface area contributed by atoms with Gasteiger partial charge in [0.05, 0.1) is 0 Å². The van der Waals surface area contributed by atoms with E-state index in [1.54, 1.807) is 12.1 Å². The number of carbonyl (C=O) groups is 1. The maximum absolute atomic E-state index is 14.0. The first-order valence-electron chi connectivity index (χ1n) is 5.85. The molecule has 0 unspecified atom stereocenters. The van der Waals surface area contributed by atoms with Crippen LogP contribution in [0.25, 0.3) is 5.69 Å². The molecule has 21 heavy (non-hydrogen) atoms. The number of anilines is 1. The van der Waals surface area contributed by atoms with Crippen LogP contribution in [0, 0.1) is 5.82 Å². The molecule has 0 saturated heterocycles. The molecule has 0 spiro atoms. The highest BCUT2D eigenvalue weighted by atomic mass is 79.9. The average molecular weight is 351 g/mol. The number of carbonyl (C=O) groups excluding carboxylic acids is 1. The standard InChI is InChI=1S/C13H8BrFN4O2/c14-12-4-3-11(21-12)13(20)18-8-1-2-10(9(15)5-8)19-7-16-6-17-19/h1-7H,(H,18,20). The van der Waals surface area contributed by atoms with Gasteiger partial charge >= 0.3 is 0 Å². The Morgan fingerprint density at radius 3 is 2.81 bits per heavy atom. The molecule has 1 amide bonds. The van der Waals surface area contributed by atoms with Crippen LogP contribution in [0.4, 0.5) is 10.1 Å². The predicted octanol–water partition coefficient (Wildman–Crippen LogP) is 3.01. The number of hydrogen-bond donors (Lipinski definition) is 1. The molecule has 0 bridgehead atoms. The lowest BCUT2D eigenvalue weighted by Gasteiger charge is -2.06. The smallest absolute Gasteiger partial charge is 0.291 e. The number of aromatic nitrogens is 3. The fraction of sp³-hybridized carbons (Fsp3) is 0. The molecule has 1 N–H and O–H groups in total. The quantitative estimate of drug-likeness (QED) is 0.787. The summed E-state index contributed by atoms with van der Waals surface area (Å²) in [4.78, 5) is 15.6. The van der Waals surface area contributed by atoms with E-state index in [4.69, 9.17) is 4.42 Å². The summed E-state index contributed by atoms with van der Waals surface area (Å²) in [5.74, 6) is -0.866. The molecule has 106 valence electrons. The zero-order valence-corrected chi connectivity index (χ0v) is 12.0. The highest BCUT2D eigenvalue weighted by Crippen LogP contribution is 2.19. The first-order valence-corrected chi connectivity index (χ1v) is 6.64. The summed E-state index contributed by atoms with van der Waals surface area (Å²) in [6.45, 7) is 0. The fourth-order valence-electron chi connectivity index (χ4n) is 1.73. The van der Waals surface area contributed by atoms with Gasteiger partial charge in [0, 0.05) is 5.69 Å². The zero-order chi connectivity index (χ0) is 14.8. The van der Waals surface area contributed by atoms with Gasteiger partial charge in [-0.1, -0.05) is 0 Å². The topological polar surface area (TPSA) is 73.0 Å². The van der Waals surface area contributed by atoms with Crippen molar-refractivity contribution in [2.75, 3.05) is 5.32 Å². The van der Waals surface area contributed by atoms with Crippen molar-refractivity contribution < 1.29 is 13.6 Å². The molecule has 0 radical (unpaired) electrons. The van der Waals surface area contributed by atoms with Crippen LogP contribution < -0.4 is 5.32 Å². The molecule has 2 heterocycles. The Bertz CT molecular complexity index is 785. The number of nitrogens with zero attached hydrogens (tertiary/aromatic N) is 3. The van der Waals surface area contributed by atoms with Crippen molar-refractivity contribution in [3.05, 3.63) is 59.2 Å². The summed E-state index contributed by atoms with van der Waals surface area (Å²) in [6, 6.07) is 7.38. The van der Waals surface area contributed by atoms with E-state index in [2.05, 4.69) is 31.3 Å². The molecule has 0 aliphatic rings. The van der Waals surface area contributed by atoms with Gasteiger partial charge in [0.2, 0.25) is 0 Å². The maximum Gasteiger partial charge on any atom is 0.291 e. The number of hydrogen-bond acceptors (Lipinski definition) is 4. The zero-order valence-electron chi connectivity index (χ0n) is 10.5. The van der Waals surface area contributed by atoms with E-state index in [1.165, 1.54) is 35.5 Å². The van der Waals surface area contributed by atoms with Crippen LogP contribution in [0.3, 0.4) is 0 Å². The SMILES string of the molecule is O=C(Nc1ccc(-n2cncn2)c(F)c1)c1ccc(Br)o1. The van der Waals surface area contributed by atoms with E-state index >= 15 is 0 Å². The summed E-state index contributed by atoms with van der Waals surface area (Å²) in [6.07, 6.45) is 2.70. The minimum atomic E-state index is -0.529. The molecule has 0 saturated carbocycles. The predicted molar refractivity (Wildman–Crippen MR) is 75.7 cm³/mol. The molecule has 0 aliphatic carbocycles. The van der Waals surface area contributed by atoms with Gasteiger partial charge in [0.15, 0.2) is 16.2 Å². The molecule has 3 aromatic rings. The normalized spacial score (nSPS) is 10.6. The van der Waals surface area contributed by atoms with Crippen molar-refractivity contribution in [2.24, 2.45) is 0 Å². The second-order valence-electron chi connectivity index (χ2n) is 4.06. The Morgan fingerprint density at radius 1 is 1.33 bits per heavy atom. The summed E-state index contributed by atoms with van der Waals surface area (Å²) in [5.41, 5.74) is 0.556. The monoisotopic (exact) mass is 350 g/mol. The average Bonchev–Trinajstić information content (AvgIpc) is 3.10. The summed E-state index contributed by atoms with van der Waals surface area (Å²) >= 11 is 3.11. The first kappa shape index (κ1) is 13.5. The van der Waals surface area contributed by atoms with Gasteiger partial charge in [-0.2, -0.15) is 5.10 Å². The highest BCUT2D eigenvalue weighted by molar-refractivity contribution is 9.10. The van der Waals surface area contributed by atoms with Crippen LogP contribution >= 0.6 is 15.9 Å². The minimum absolute atomic E-state index is 0.127. The number of nitrogens with one attached hydrogen (secondary N) is 1. The Balaban J connectivity index is 1.81. The van der Waals surface area contributed by atoms with Crippen LogP contribution in [0.1, 0.15) is 10.6 Å². The van der Waals surface area contributed by atoms with Crippen molar-refractivity contribution >= 4 is 27.5 Å². The summed E-state index contributed by atoms with van der Waals surface area (Å²) in [5, 5.41) is 6.39. The Kier molecular flexibility index (Phi) is 3.53. The van der Waals surface area contributed by atoms with E-state index in [0.717, 1.165) is 0 Å². The summed E-state index contributed by atoms with van der Waals surface area (Å²) < 4.78 is 20.9. The molecule has 2 aromatic heterocycles. The highest BCUT2D eigenvalue weighted by Gasteiger charge is 2.12. The largest absolute Gasteiger partial charge is 0.444 e. The molecular formula is C13H8BrFN4O2. The molecule has 3 rings (SSSR count). The molecule has 0 aliphatic heterocycles. The number of rotatable bonds is 3. The van der Waals surface area contributed by atoms with E-state index in [1.807, 2.05) is 0 Å². The van der Waals surface area contributed by atoms with Crippen molar-refractivity contribution in [3.8, 4) is 5.69 Å². The van der Waals surface area contributed by atoms with Crippen LogP contribution in [0.15, 0.2) is 52.1 Å². The van der Waals surface area contributed by atoms with E-state index in [9.17, 15) is 9.18 Å². The van der Waals surface area contributed by atoms with Crippen LogP contribution in [-0.2, 0) is 0 Å². The lowest BCUT2D eigenvalue weighted by atomic mass is 10.2. The third kappa shape index (κ3) is 2.84. The van der Waals surface area contributed by atoms with Gasteiger partial charge < -0.3 is 9.73 Å². The lowest BCUT2D eigenvalue weighted by Crippen LogP contribution is -2.11. The second kappa shape index (κ2) is 5.49. The second-order valence-corrected chi connectivity index (χ2v) is 4.85. The van der Waals surface area contributed by atoms with Gasteiger partial charge in [-0.3, -0.25) is 4.79 Å². The number of furan rings is 1. The van der Waals surface area contributed by atoms with Gasteiger partial charge in [-0.05, 0) is 46.3 Å². The Morgan fingerprint density at radius 2 is 2.19 bits per heavy atom. The van der Waals surface area contributed by atoms with Crippen LogP contribution in [0.5, 0.6) is 0 Å². The number of amides is 1. The van der Waals surface area contributed by atoms with Gasteiger partial charge in [0.25, 0.3) is 5.91 Å². The molecule has 0 atom stereocenters.